The summed E-state index contributed by atoms with van der Waals surface area (Å²) in [5.74, 6) is 0.850. The Morgan fingerprint density at radius 2 is 2.22 bits per heavy atom. The van der Waals surface area contributed by atoms with Crippen molar-refractivity contribution >= 4 is 17.5 Å². The molecule has 1 saturated heterocycles. The van der Waals surface area contributed by atoms with Gasteiger partial charge in [-0.15, -0.1) is 0 Å². The number of aryl methyl sites for hydroxylation is 1. The first-order valence-electron chi connectivity index (χ1n) is 7.70. The molecule has 3 heterocycles. The number of rotatable bonds is 3. The molecule has 0 aliphatic carbocycles. The molecule has 2 aromatic heterocycles. The third-order valence-electron chi connectivity index (χ3n) is 4.11. The minimum Gasteiger partial charge on any atom is -0.353 e. The fourth-order valence-electron chi connectivity index (χ4n) is 2.72. The smallest absolute Gasteiger partial charge is 0.319 e. The highest BCUT2D eigenvalue weighted by atomic mass is 16.2. The summed E-state index contributed by atoms with van der Waals surface area (Å²) in [5.41, 5.74) is 1.65. The van der Waals surface area contributed by atoms with Gasteiger partial charge in [-0.3, -0.25) is 9.67 Å². The zero-order valence-electron chi connectivity index (χ0n) is 13.4. The second kappa shape index (κ2) is 6.64. The van der Waals surface area contributed by atoms with Crippen LogP contribution >= 0.6 is 0 Å². The van der Waals surface area contributed by atoms with E-state index < -0.39 is 0 Å². The highest BCUT2D eigenvalue weighted by Gasteiger charge is 2.22. The number of hydrogen-bond acceptors (Lipinski definition) is 5. The van der Waals surface area contributed by atoms with E-state index in [9.17, 15) is 4.79 Å². The molecular weight excluding hydrogens is 294 g/mol. The Bertz CT molecular complexity index is 670. The summed E-state index contributed by atoms with van der Waals surface area (Å²) in [4.78, 5) is 22.8. The van der Waals surface area contributed by atoms with E-state index in [4.69, 9.17) is 0 Å². The summed E-state index contributed by atoms with van der Waals surface area (Å²) >= 11 is 0. The maximum absolute atomic E-state index is 12.2. The Balaban J connectivity index is 1.57. The van der Waals surface area contributed by atoms with Crippen molar-refractivity contribution in [3.05, 3.63) is 30.5 Å². The van der Waals surface area contributed by atoms with Crippen molar-refractivity contribution in [3.63, 3.8) is 0 Å². The summed E-state index contributed by atoms with van der Waals surface area (Å²) in [6.45, 7) is 3.58. The van der Waals surface area contributed by atoms with Gasteiger partial charge in [0.2, 0.25) is 0 Å². The molecule has 0 saturated carbocycles. The van der Waals surface area contributed by atoms with Crippen LogP contribution in [0.3, 0.4) is 0 Å². The predicted octanol–water partition coefficient (Wildman–Crippen LogP) is 1.31. The standard InChI is InChI=1S/C15H21N7O/c1-11-13(8-18-21(11)2)20-15(23)19-12-4-3-7-22(10-12)14-9-16-5-6-17-14/h5-6,8-9,12H,3-4,7,10H2,1-2H3,(H2,19,20,23)/t12-/m1/s1. The minimum atomic E-state index is -0.202. The van der Waals surface area contributed by atoms with Crippen molar-refractivity contribution in [1.82, 2.24) is 25.1 Å². The molecule has 0 spiro atoms. The van der Waals surface area contributed by atoms with Crippen molar-refractivity contribution in [1.29, 1.82) is 0 Å². The average molecular weight is 315 g/mol. The first kappa shape index (κ1) is 15.3. The molecule has 1 aliphatic rings. The number of carbonyl (C=O) groups is 1. The van der Waals surface area contributed by atoms with Gasteiger partial charge in [0.15, 0.2) is 0 Å². The molecule has 1 atom stereocenters. The van der Waals surface area contributed by atoms with Gasteiger partial charge in [-0.2, -0.15) is 5.10 Å². The molecule has 8 nitrogen and oxygen atoms in total. The Hall–Kier alpha value is -2.64. The van der Waals surface area contributed by atoms with Crippen molar-refractivity contribution in [2.24, 2.45) is 7.05 Å². The van der Waals surface area contributed by atoms with Gasteiger partial charge in [0.1, 0.15) is 5.82 Å². The molecule has 8 heteroatoms. The lowest BCUT2D eigenvalue weighted by Crippen LogP contribution is -2.49. The van der Waals surface area contributed by atoms with Crippen molar-refractivity contribution in [3.8, 4) is 0 Å². The molecule has 1 aliphatic heterocycles. The van der Waals surface area contributed by atoms with Crippen LogP contribution < -0.4 is 15.5 Å². The largest absolute Gasteiger partial charge is 0.353 e. The lowest BCUT2D eigenvalue weighted by Gasteiger charge is -2.33. The van der Waals surface area contributed by atoms with E-state index in [0.29, 0.717) is 0 Å². The highest BCUT2D eigenvalue weighted by molar-refractivity contribution is 5.89. The van der Waals surface area contributed by atoms with Gasteiger partial charge in [-0.1, -0.05) is 0 Å². The van der Waals surface area contributed by atoms with Crippen molar-refractivity contribution < 1.29 is 4.79 Å². The second-order valence-corrected chi connectivity index (χ2v) is 5.71. The summed E-state index contributed by atoms with van der Waals surface area (Å²) in [6, 6.07) is -0.116. The Morgan fingerprint density at radius 3 is 2.91 bits per heavy atom. The van der Waals surface area contributed by atoms with Crippen molar-refractivity contribution in [2.75, 3.05) is 23.3 Å². The Morgan fingerprint density at radius 1 is 1.35 bits per heavy atom. The average Bonchev–Trinajstić information content (AvgIpc) is 2.88. The molecule has 122 valence electrons. The number of carbonyl (C=O) groups excluding carboxylic acids is 1. The number of hydrogen-bond donors (Lipinski definition) is 2. The Kier molecular flexibility index (Phi) is 4.40. The third kappa shape index (κ3) is 3.58. The number of anilines is 2. The highest BCUT2D eigenvalue weighted by Crippen LogP contribution is 2.17. The predicted molar refractivity (Wildman–Crippen MR) is 87.4 cm³/mol. The molecule has 2 aromatic rings. The summed E-state index contributed by atoms with van der Waals surface area (Å²) in [5, 5.41) is 10.00. The van der Waals surface area contributed by atoms with Crippen LogP contribution in [0.2, 0.25) is 0 Å². The van der Waals surface area contributed by atoms with Gasteiger partial charge < -0.3 is 15.5 Å². The molecule has 0 unspecified atom stereocenters. The maximum Gasteiger partial charge on any atom is 0.319 e. The summed E-state index contributed by atoms with van der Waals surface area (Å²) in [7, 11) is 1.85. The van der Waals surface area contributed by atoms with Gasteiger partial charge in [0, 0.05) is 38.6 Å². The van der Waals surface area contributed by atoms with Crippen LogP contribution in [0.4, 0.5) is 16.3 Å². The summed E-state index contributed by atoms with van der Waals surface area (Å²) < 4.78 is 1.73. The van der Waals surface area contributed by atoms with E-state index in [1.807, 2.05) is 14.0 Å². The van der Waals surface area contributed by atoms with Gasteiger partial charge in [0.05, 0.1) is 23.8 Å². The number of amides is 2. The van der Waals surface area contributed by atoms with E-state index in [-0.39, 0.29) is 12.1 Å². The van der Waals surface area contributed by atoms with Crippen LogP contribution in [0.25, 0.3) is 0 Å². The molecule has 2 amide bonds. The normalized spacial score (nSPS) is 17.8. The zero-order chi connectivity index (χ0) is 16.2. The van der Waals surface area contributed by atoms with Crippen LogP contribution in [0.1, 0.15) is 18.5 Å². The topological polar surface area (TPSA) is 88.0 Å². The van der Waals surface area contributed by atoms with Crippen molar-refractivity contribution in [2.45, 2.75) is 25.8 Å². The molecule has 1 fully saturated rings. The quantitative estimate of drug-likeness (QED) is 0.891. The van der Waals surface area contributed by atoms with E-state index in [1.165, 1.54) is 0 Å². The fourth-order valence-corrected chi connectivity index (χ4v) is 2.72. The molecule has 0 radical (unpaired) electrons. The lowest BCUT2D eigenvalue weighted by molar-refractivity contribution is 0.246. The number of aromatic nitrogens is 4. The van der Waals surface area contributed by atoms with E-state index in [2.05, 4.69) is 30.6 Å². The molecule has 2 N–H and O–H groups in total. The van der Waals surface area contributed by atoms with Crippen LogP contribution in [0.5, 0.6) is 0 Å². The first-order valence-corrected chi connectivity index (χ1v) is 7.70. The second-order valence-electron chi connectivity index (χ2n) is 5.71. The van der Waals surface area contributed by atoms with Crippen LogP contribution in [-0.4, -0.2) is 44.9 Å². The van der Waals surface area contributed by atoms with Crippen LogP contribution in [0, 0.1) is 6.92 Å². The first-order chi connectivity index (χ1) is 11.1. The molecule has 0 bridgehead atoms. The Labute approximate surface area is 134 Å². The van der Waals surface area contributed by atoms with E-state index in [0.717, 1.165) is 43.1 Å². The molecule has 23 heavy (non-hydrogen) atoms. The zero-order valence-corrected chi connectivity index (χ0v) is 13.4. The monoisotopic (exact) mass is 315 g/mol. The van der Waals surface area contributed by atoms with Gasteiger partial charge >= 0.3 is 6.03 Å². The maximum atomic E-state index is 12.2. The SMILES string of the molecule is Cc1c(NC(=O)N[C@@H]2CCCN(c3cnccn3)C2)cnn1C. The number of nitrogens with zero attached hydrogens (tertiary/aromatic N) is 5. The third-order valence-corrected chi connectivity index (χ3v) is 4.11. The molecular formula is C15H21N7O. The lowest BCUT2D eigenvalue weighted by atomic mass is 10.1. The van der Waals surface area contributed by atoms with Crippen LogP contribution in [0.15, 0.2) is 24.8 Å². The molecule has 3 rings (SSSR count). The fraction of sp³-hybridized carbons (Fsp3) is 0.467. The van der Waals surface area contributed by atoms with Gasteiger partial charge in [-0.25, -0.2) is 9.78 Å². The van der Waals surface area contributed by atoms with Gasteiger partial charge in [-0.05, 0) is 19.8 Å². The van der Waals surface area contributed by atoms with Gasteiger partial charge in [0.25, 0.3) is 0 Å². The molecule has 0 aromatic carbocycles. The summed E-state index contributed by atoms with van der Waals surface area (Å²) in [6.07, 6.45) is 8.71. The van der Waals surface area contributed by atoms with E-state index >= 15 is 0 Å². The number of nitrogens with one attached hydrogen (secondary N) is 2. The van der Waals surface area contributed by atoms with Crippen LogP contribution in [-0.2, 0) is 7.05 Å². The number of piperidine rings is 1. The number of urea groups is 1. The minimum absolute atomic E-state index is 0.0859. The van der Waals surface area contributed by atoms with E-state index in [1.54, 1.807) is 29.5 Å².